The molecule has 1 aliphatic rings. The molecule has 1 aliphatic heterocycles. The third-order valence-electron chi connectivity index (χ3n) is 5.87. The number of nitrogens with zero attached hydrogens (tertiary/aromatic N) is 2. The van der Waals surface area contributed by atoms with Crippen LogP contribution in [0.4, 0.5) is 0 Å². The second-order valence-corrected chi connectivity index (χ2v) is 13.8. The average Bonchev–Trinajstić information content (AvgIpc) is 2.99. The summed E-state index contributed by atoms with van der Waals surface area (Å²) in [5, 5.41) is 0. The van der Waals surface area contributed by atoms with Crippen molar-refractivity contribution in [3.63, 3.8) is 0 Å². The minimum absolute atomic E-state index is 1.02. The van der Waals surface area contributed by atoms with Crippen molar-refractivity contribution in [3.8, 4) is 0 Å². The van der Waals surface area contributed by atoms with E-state index in [2.05, 4.69) is 129 Å². The lowest BCUT2D eigenvalue weighted by Gasteiger charge is -2.46. The van der Waals surface area contributed by atoms with E-state index in [9.17, 15) is 0 Å². The molecule has 0 bridgehead atoms. The number of benzene rings is 2. The SMILES string of the molecule is CCN(CC)[Si]1(N(CC)CC)C(Br)=C(c2ccccc2)C(c2ccccc2)=C1Br. The molecule has 0 fully saturated rings. The summed E-state index contributed by atoms with van der Waals surface area (Å²) in [5.74, 6) is 0. The largest absolute Gasteiger partial charge is 0.304 e. The third-order valence-corrected chi connectivity index (χ3v) is 14.8. The summed E-state index contributed by atoms with van der Waals surface area (Å²) in [7, 11) is -2.33. The standard InChI is InChI=1S/C24H30Br2N2Si/c1-5-27(6-2)29(28(7-3)8-4)23(25)21(19-15-11-9-12-16-19)22(24(29)26)20-17-13-10-14-18-20/h9-18H,5-8H2,1-4H3. The predicted molar refractivity (Wildman–Crippen MR) is 136 cm³/mol. The Bertz CT molecular complexity index is 810. The highest BCUT2D eigenvalue weighted by atomic mass is 79.9. The fourth-order valence-electron chi connectivity index (χ4n) is 4.53. The van der Waals surface area contributed by atoms with Crippen molar-refractivity contribution in [3.05, 3.63) is 80.0 Å². The van der Waals surface area contributed by atoms with Crippen LogP contribution in [0.1, 0.15) is 38.8 Å². The lowest BCUT2D eigenvalue weighted by Crippen LogP contribution is -2.66. The third kappa shape index (κ3) is 3.76. The Balaban J connectivity index is 2.41. The molecule has 5 heteroatoms. The molecule has 3 rings (SSSR count). The van der Waals surface area contributed by atoms with Crippen LogP contribution in [0.2, 0.25) is 0 Å². The van der Waals surface area contributed by atoms with Crippen molar-refractivity contribution in [2.45, 2.75) is 27.7 Å². The first-order chi connectivity index (χ1) is 14.1. The van der Waals surface area contributed by atoms with E-state index >= 15 is 0 Å². The Morgan fingerprint density at radius 3 is 1.17 bits per heavy atom. The van der Waals surface area contributed by atoms with Crippen molar-refractivity contribution in [1.82, 2.24) is 9.13 Å². The first-order valence-corrected chi connectivity index (χ1v) is 14.0. The quantitative estimate of drug-likeness (QED) is 0.343. The van der Waals surface area contributed by atoms with Crippen molar-refractivity contribution >= 4 is 51.4 Å². The fraction of sp³-hybridized carbons (Fsp3) is 0.333. The Kier molecular flexibility index (Phi) is 7.73. The van der Waals surface area contributed by atoms with E-state index in [1.165, 1.54) is 30.5 Å². The summed E-state index contributed by atoms with van der Waals surface area (Å²) >= 11 is 8.39. The Morgan fingerprint density at radius 1 is 0.586 bits per heavy atom. The van der Waals surface area contributed by atoms with Gasteiger partial charge in [0.05, 0.1) is 0 Å². The van der Waals surface area contributed by atoms with E-state index in [1.807, 2.05) is 0 Å². The molecule has 0 unspecified atom stereocenters. The molecule has 0 radical (unpaired) electrons. The Hall–Kier alpha value is -0.983. The summed E-state index contributed by atoms with van der Waals surface area (Å²) < 4.78 is 8.09. The minimum atomic E-state index is -2.33. The molecule has 2 nitrogen and oxygen atoms in total. The zero-order valence-electron chi connectivity index (χ0n) is 17.8. The summed E-state index contributed by atoms with van der Waals surface area (Å²) in [6, 6.07) is 21.6. The lowest BCUT2D eigenvalue weighted by atomic mass is 9.95. The Morgan fingerprint density at radius 2 is 0.897 bits per heavy atom. The van der Waals surface area contributed by atoms with Gasteiger partial charge in [0.1, 0.15) is 0 Å². The molecule has 0 atom stereocenters. The van der Waals surface area contributed by atoms with E-state index in [0.29, 0.717) is 0 Å². The molecule has 0 spiro atoms. The zero-order chi connectivity index (χ0) is 21.0. The molecule has 0 aromatic heterocycles. The molecule has 154 valence electrons. The summed E-state index contributed by atoms with van der Waals surface area (Å²) in [6.07, 6.45) is 0. The maximum Gasteiger partial charge on any atom is 0.288 e. The maximum absolute atomic E-state index is 4.19. The highest BCUT2D eigenvalue weighted by Gasteiger charge is 2.55. The van der Waals surface area contributed by atoms with Gasteiger partial charge in [0.15, 0.2) is 0 Å². The molecule has 2 aromatic carbocycles. The van der Waals surface area contributed by atoms with Gasteiger partial charge < -0.3 is 9.13 Å². The molecule has 0 aliphatic carbocycles. The van der Waals surface area contributed by atoms with Gasteiger partial charge in [-0.05, 0) is 48.5 Å². The van der Waals surface area contributed by atoms with Crippen LogP contribution in [0.15, 0.2) is 68.9 Å². The minimum Gasteiger partial charge on any atom is -0.304 e. The van der Waals surface area contributed by atoms with E-state index in [4.69, 9.17) is 0 Å². The van der Waals surface area contributed by atoms with Crippen molar-refractivity contribution in [2.75, 3.05) is 26.2 Å². The van der Waals surface area contributed by atoms with Crippen LogP contribution in [0, 0.1) is 0 Å². The first kappa shape index (κ1) is 22.7. The number of hydrogen-bond acceptors (Lipinski definition) is 2. The number of allylic oxidation sites excluding steroid dienone is 2. The van der Waals surface area contributed by atoms with Gasteiger partial charge >= 0.3 is 0 Å². The molecule has 2 aromatic rings. The normalized spacial score (nSPS) is 16.4. The van der Waals surface area contributed by atoms with Gasteiger partial charge in [-0.25, -0.2) is 0 Å². The van der Waals surface area contributed by atoms with Crippen molar-refractivity contribution in [2.24, 2.45) is 0 Å². The summed E-state index contributed by atoms with van der Waals surface area (Å²) in [6.45, 7) is 13.2. The second kappa shape index (κ2) is 9.88. The summed E-state index contributed by atoms with van der Waals surface area (Å²) in [5.41, 5.74) is 5.19. The predicted octanol–water partition coefficient (Wildman–Crippen LogP) is 6.82. The lowest BCUT2D eigenvalue weighted by molar-refractivity contribution is 0.370. The topological polar surface area (TPSA) is 6.48 Å². The monoisotopic (exact) mass is 532 g/mol. The van der Waals surface area contributed by atoms with Crippen LogP contribution in [0.25, 0.3) is 11.1 Å². The van der Waals surface area contributed by atoms with Crippen molar-refractivity contribution < 1.29 is 0 Å². The highest BCUT2D eigenvalue weighted by molar-refractivity contribution is 9.14. The molecule has 0 saturated heterocycles. The van der Waals surface area contributed by atoms with Crippen LogP contribution < -0.4 is 0 Å². The van der Waals surface area contributed by atoms with Gasteiger partial charge in [0, 0.05) is 8.21 Å². The summed E-state index contributed by atoms with van der Waals surface area (Å²) in [4.78, 5) is 0. The van der Waals surface area contributed by atoms with Crippen LogP contribution in [0.3, 0.4) is 0 Å². The number of halogens is 2. The number of rotatable bonds is 8. The molecule has 0 N–H and O–H groups in total. The zero-order valence-corrected chi connectivity index (χ0v) is 21.9. The second-order valence-electron chi connectivity index (χ2n) is 7.13. The van der Waals surface area contributed by atoms with Gasteiger partial charge in [-0.2, -0.15) is 0 Å². The van der Waals surface area contributed by atoms with E-state index in [0.717, 1.165) is 26.2 Å². The van der Waals surface area contributed by atoms with Gasteiger partial charge in [-0.3, -0.25) is 0 Å². The maximum atomic E-state index is 4.19. The molecular formula is C24H30Br2N2Si. The van der Waals surface area contributed by atoms with E-state index in [1.54, 1.807) is 0 Å². The van der Waals surface area contributed by atoms with Gasteiger partial charge in [0.2, 0.25) is 0 Å². The van der Waals surface area contributed by atoms with Gasteiger partial charge in [0.25, 0.3) is 8.40 Å². The molecule has 0 amide bonds. The highest BCUT2D eigenvalue weighted by Crippen LogP contribution is 2.54. The fourth-order valence-corrected chi connectivity index (χ4v) is 15.2. The molecule has 29 heavy (non-hydrogen) atoms. The van der Waals surface area contributed by atoms with Crippen LogP contribution in [-0.2, 0) is 0 Å². The van der Waals surface area contributed by atoms with E-state index < -0.39 is 8.40 Å². The molecule has 1 heterocycles. The van der Waals surface area contributed by atoms with Gasteiger partial charge in [-0.1, -0.05) is 120 Å². The number of hydrogen-bond donors (Lipinski definition) is 0. The van der Waals surface area contributed by atoms with Gasteiger partial charge in [-0.15, -0.1) is 0 Å². The smallest absolute Gasteiger partial charge is 0.288 e. The van der Waals surface area contributed by atoms with Crippen LogP contribution in [0.5, 0.6) is 0 Å². The molecular weight excluding hydrogens is 504 g/mol. The average molecular weight is 534 g/mol. The molecule has 0 saturated carbocycles. The Labute approximate surface area is 193 Å². The first-order valence-electron chi connectivity index (χ1n) is 10.5. The van der Waals surface area contributed by atoms with Crippen molar-refractivity contribution in [1.29, 1.82) is 0 Å². The van der Waals surface area contributed by atoms with E-state index in [-0.39, 0.29) is 0 Å². The van der Waals surface area contributed by atoms with Crippen LogP contribution in [-0.4, -0.2) is 43.7 Å². The van der Waals surface area contributed by atoms with Crippen LogP contribution >= 0.6 is 31.9 Å².